The van der Waals surface area contributed by atoms with Crippen LogP contribution < -0.4 is 10.2 Å². The Kier molecular flexibility index (Phi) is 8.82. The molecule has 0 spiro atoms. The third-order valence-corrected chi connectivity index (χ3v) is 11.3. The maximum Gasteiger partial charge on any atom is 0.159 e. The summed E-state index contributed by atoms with van der Waals surface area (Å²) < 4.78 is 6.78. The number of rotatable bonds is 8. The Morgan fingerprint density at radius 2 is 0.950 bits per heavy atom. The summed E-state index contributed by atoms with van der Waals surface area (Å²) in [5, 5.41) is 8.08. The van der Waals surface area contributed by atoms with Crippen LogP contribution in [0.15, 0.2) is 233 Å². The van der Waals surface area contributed by atoms with Crippen LogP contribution in [0, 0.1) is 0 Å². The van der Waals surface area contributed by atoms with Crippen LogP contribution in [0.25, 0.3) is 55.0 Å². The highest BCUT2D eigenvalue weighted by Gasteiger charge is 2.25. The van der Waals surface area contributed by atoms with Crippen molar-refractivity contribution in [3.8, 4) is 22.3 Å². The molecule has 1 aliphatic rings. The Labute approximate surface area is 348 Å². The fourth-order valence-corrected chi connectivity index (χ4v) is 8.31. The number of anilines is 3. The molecule has 0 bridgehead atoms. The van der Waals surface area contributed by atoms with E-state index in [9.17, 15) is 0 Å². The van der Waals surface area contributed by atoms with Gasteiger partial charge in [0.1, 0.15) is 23.2 Å². The van der Waals surface area contributed by atoms with Gasteiger partial charge in [0.15, 0.2) is 5.84 Å². The number of hydrogen-bond acceptors (Lipinski definition) is 5. The smallest absolute Gasteiger partial charge is 0.159 e. The van der Waals surface area contributed by atoms with Gasteiger partial charge in [-0.1, -0.05) is 158 Å². The van der Waals surface area contributed by atoms with Crippen LogP contribution in [0.4, 0.5) is 17.1 Å². The number of para-hydroxylation sites is 1. The zero-order valence-corrected chi connectivity index (χ0v) is 32.6. The molecule has 5 nitrogen and oxygen atoms in total. The van der Waals surface area contributed by atoms with E-state index in [4.69, 9.17) is 14.4 Å². The standard InChI is InChI=1S/C55H38N4O/c1-5-15-37(16-6-1)38-25-29-46(30-26-38)59(45-23-11-4-12-24-45)47-31-27-39(28-32-47)44-34-49(52-48-33-42-21-13-14-22-43(42)35-50(48)60-51(52)36-44)55-57-53(40-17-7-2-8-18-40)56-54(58-55)41-19-9-3-10-20-41/h1-36,53H,(H,56,57,58). The highest BCUT2D eigenvalue weighted by atomic mass is 16.3. The number of nitrogens with zero attached hydrogens (tertiary/aromatic N) is 3. The fourth-order valence-electron chi connectivity index (χ4n) is 8.31. The van der Waals surface area contributed by atoms with Crippen molar-refractivity contribution in [1.82, 2.24) is 5.32 Å². The second-order valence-corrected chi connectivity index (χ2v) is 15.1. The van der Waals surface area contributed by atoms with Crippen LogP contribution in [-0.2, 0) is 0 Å². The zero-order chi connectivity index (χ0) is 39.8. The minimum absolute atomic E-state index is 0.336. The van der Waals surface area contributed by atoms with Gasteiger partial charge in [-0.05, 0) is 99.3 Å². The predicted octanol–water partition coefficient (Wildman–Crippen LogP) is 14.0. The van der Waals surface area contributed by atoms with Gasteiger partial charge < -0.3 is 14.6 Å². The largest absolute Gasteiger partial charge is 0.456 e. The van der Waals surface area contributed by atoms with E-state index >= 15 is 0 Å². The van der Waals surface area contributed by atoms with E-state index in [1.165, 1.54) is 11.1 Å². The molecule has 0 amide bonds. The molecule has 2 heterocycles. The molecule has 284 valence electrons. The summed E-state index contributed by atoms with van der Waals surface area (Å²) in [5.74, 6) is 1.42. The number of amidine groups is 2. The van der Waals surface area contributed by atoms with Gasteiger partial charge in [0.05, 0.1) is 0 Å². The molecule has 1 unspecified atom stereocenters. The van der Waals surface area contributed by atoms with Gasteiger partial charge in [-0.25, -0.2) is 9.98 Å². The predicted molar refractivity (Wildman–Crippen MR) is 249 cm³/mol. The highest BCUT2D eigenvalue weighted by molar-refractivity contribution is 6.23. The summed E-state index contributed by atoms with van der Waals surface area (Å²) in [6.07, 6.45) is -0.336. The van der Waals surface area contributed by atoms with Crippen LogP contribution in [0.1, 0.15) is 22.9 Å². The quantitative estimate of drug-likeness (QED) is 0.167. The number of nitrogens with one attached hydrogen (secondary N) is 1. The monoisotopic (exact) mass is 770 g/mol. The van der Waals surface area contributed by atoms with Crippen LogP contribution in [0.5, 0.6) is 0 Å². The first kappa shape index (κ1) is 35.2. The molecule has 0 aliphatic carbocycles. The lowest BCUT2D eigenvalue weighted by atomic mass is 9.96. The third kappa shape index (κ3) is 6.58. The molecule has 0 saturated heterocycles. The first-order valence-corrected chi connectivity index (χ1v) is 20.3. The molecule has 60 heavy (non-hydrogen) atoms. The molecule has 11 rings (SSSR count). The second kappa shape index (κ2) is 15.1. The van der Waals surface area contributed by atoms with Gasteiger partial charge >= 0.3 is 0 Å². The molecule has 1 N–H and O–H groups in total. The summed E-state index contributed by atoms with van der Waals surface area (Å²) >= 11 is 0. The van der Waals surface area contributed by atoms with Crippen LogP contribution >= 0.6 is 0 Å². The highest BCUT2D eigenvalue weighted by Crippen LogP contribution is 2.40. The number of hydrogen-bond donors (Lipinski definition) is 1. The summed E-state index contributed by atoms with van der Waals surface area (Å²) in [7, 11) is 0. The molecule has 1 atom stereocenters. The van der Waals surface area contributed by atoms with Crippen molar-refractivity contribution in [3.63, 3.8) is 0 Å². The van der Waals surface area contributed by atoms with E-state index in [2.05, 4.69) is 204 Å². The van der Waals surface area contributed by atoms with Gasteiger partial charge in [-0.15, -0.1) is 0 Å². The molecule has 0 fully saturated rings. The first-order valence-electron chi connectivity index (χ1n) is 20.3. The fraction of sp³-hybridized carbons (Fsp3) is 0.0182. The Morgan fingerprint density at radius 3 is 1.60 bits per heavy atom. The molecule has 0 radical (unpaired) electrons. The van der Waals surface area contributed by atoms with E-state index in [1.54, 1.807) is 0 Å². The summed E-state index contributed by atoms with van der Waals surface area (Å²) in [5.41, 5.74) is 12.3. The van der Waals surface area contributed by atoms with Crippen molar-refractivity contribution >= 4 is 61.4 Å². The molecule has 9 aromatic carbocycles. The van der Waals surface area contributed by atoms with Gasteiger partial charge in [0.2, 0.25) is 0 Å². The molecular formula is C55H38N4O. The Hall–Kier alpha value is -8.02. The van der Waals surface area contributed by atoms with Crippen molar-refractivity contribution in [2.75, 3.05) is 4.90 Å². The molecule has 1 aromatic heterocycles. The minimum atomic E-state index is -0.336. The number of furan rings is 1. The lowest BCUT2D eigenvalue weighted by Gasteiger charge is -2.26. The minimum Gasteiger partial charge on any atom is -0.456 e. The zero-order valence-electron chi connectivity index (χ0n) is 32.6. The van der Waals surface area contributed by atoms with Crippen molar-refractivity contribution in [2.24, 2.45) is 9.98 Å². The Balaban J connectivity index is 1.05. The van der Waals surface area contributed by atoms with Crippen LogP contribution in [0.3, 0.4) is 0 Å². The van der Waals surface area contributed by atoms with Crippen molar-refractivity contribution < 1.29 is 4.42 Å². The Bertz CT molecular complexity index is 3190. The molecule has 0 saturated carbocycles. The summed E-state index contributed by atoms with van der Waals surface area (Å²) in [6, 6.07) is 76.4. The average molecular weight is 771 g/mol. The van der Waals surface area contributed by atoms with E-state index in [0.29, 0.717) is 5.84 Å². The van der Waals surface area contributed by atoms with E-state index in [0.717, 1.165) is 83.4 Å². The normalized spacial score (nSPS) is 13.8. The second-order valence-electron chi connectivity index (χ2n) is 15.1. The maximum absolute atomic E-state index is 6.78. The Morgan fingerprint density at radius 1 is 0.433 bits per heavy atom. The molecule has 5 heteroatoms. The lowest BCUT2D eigenvalue weighted by molar-refractivity contribution is 0.668. The molecule has 1 aliphatic heterocycles. The SMILES string of the molecule is c1ccc(C2=NC(c3ccccc3)NC(c3cc(-c4ccc(N(c5ccccc5)c5ccc(-c6ccccc6)cc5)cc4)cc4oc5cc6ccccc6cc5c34)=N2)cc1. The van der Waals surface area contributed by atoms with Crippen LogP contribution in [-0.4, -0.2) is 11.7 Å². The third-order valence-electron chi connectivity index (χ3n) is 11.3. The number of aliphatic imine (C=N–C) groups is 2. The topological polar surface area (TPSA) is 53.1 Å². The number of benzene rings is 9. The van der Waals surface area contributed by atoms with Gasteiger partial charge in [-0.3, -0.25) is 0 Å². The molecule has 10 aromatic rings. The first-order chi connectivity index (χ1) is 29.7. The van der Waals surface area contributed by atoms with E-state index in [-0.39, 0.29) is 6.17 Å². The van der Waals surface area contributed by atoms with Crippen molar-refractivity contribution in [1.29, 1.82) is 0 Å². The summed E-state index contributed by atoms with van der Waals surface area (Å²) in [4.78, 5) is 12.7. The van der Waals surface area contributed by atoms with E-state index < -0.39 is 0 Å². The maximum atomic E-state index is 6.78. The van der Waals surface area contributed by atoms with Gasteiger partial charge in [-0.2, -0.15) is 0 Å². The van der Waals surface area contributed by atoms with E-state index in [1.807, 2.05) is 24.3 Å². The summed E-state index contributed by atoms with van der Waals surface area (Å²) in [6.45, 7) is 0. The van der Waals surface area contributed by atoms with Gasteiger partial charge in [0.25, 0.3) is 0 Å². The lowest BCUT2D eigenvalue weighted by Crippen LogP contribution is -2.33. The van der Waals surface area contributed by atoms with Crippen molar-refractivity contribution in [3.05, 3.63) is 235 Å². The van der Waals surface area contributed by atoms with Crippen molar-refractivity contribution in [2.45, 2.75) is 6.17 Å². The van der Waals surface area contributed by atoms with Gasteiger partial charge in [0, 0.05) is 39.0 Å². The average Bonchev–Trinajstić information content (AvgIpc) is 3.69. The molecular weight excluding hydrogens is 733 g/mol. The van der Waals surface area contributed by atoms with Crippen LogP contribution in [0.2, 0.25) is 0 Å². The number of fused-ring (bicyclic) bond motifs is 4.